The number of anilines is 1. The molecule has 0 unspecified atom stereocenters. The maximum absolute atomic E-state index is 5.34. The fraction of sp³-hybridized carbons (Fsp3) is 0.231. The van der Waals surface area contributed by atoms with Gasteiger partial charge in [-0.1, -0.05) is 36.4 Å². The molecule has 3 aromatic carbocycles. The van der Waals surface area contributed by atoms with Crippen LogP contribution in [0.3, 0.4) is 0 Å². The van der Waals surface area contributed by atoms with Gasteiger partial charge in [-0.05, 0) is 54.6 Å². The summed E-state index contributed by atoms with van der Waals surface area (Å²) in [6, 6.07) is 24.2. The quantitative estimate of drug-likeness (QED) is 0.410. The van der Waals surface area contributed by atoms with Crippen molar-refractivity contribution in [3.63, 3.8) is 0 Å². The van der Waals surface area contributed by atoms with Crippen LogP contribution in [0.5, 0.6) is 11.5 Å². The summed E-state index contributed by atoms with van der Waals surface area (Å²) in [4.78, 5) is 11.8. The summed E-state index contributed by atoms with van der Waals surface area (Å²) < 4.78 is 10.7. The van der Waals surface area contributed by atoms with Crippen molar-refractivity contribution in [2.45, 2.75) is 19.6 Å². The van der Waals surface area contributed by atoms with Gasteiger partial charge in [0.2, 0.25) is 0 Å². The van der Waals surface area contributed by atoms with Gasteiger partial charge in [-0.25, -0.2) is 9.97 Å². The maximum Gasteiger partial charge on any atom is 0.145 e. The van der Waals surface area contributed by atoms with E-state index in [4.69, 9.17) is 19.4 Å². The Hall–Kier alpha value is -3.64. The Morgan fingerprint density at radius 3 is 2.22 bits per heavy atom. The predicted octanol–water partition coefficient (Wildman–Crippen LogP) is 4.89. The van der Waals surface area contributed by atoms with Gasteiger partial charge >= 0.3 is 0 Å². The van der Waals surface area contributed by atoms with Crippen molar-refractivity contribution in [2.75, 3.05) is 26.6 Å². The van der Waals surface area contributed by atoms with E-state index in [9.17, 15) is 0 Å². The van der Waals surface area contributed by atoms with E-state index in [-0.39, 0.29) is 0 Å². The third-order valence-corrected chi connectivity index (χ3v) is 5.24. The lowest BCUT2D eigenvalue weighted by Crippen LogP contribution is -2.19. The lowest BCUT2D eigenvalue weighted by molar-refractivity contribution is 0.310. The van der Waals surface area contributed by atoms with Gasteiger partial charge in [-0.3, -0.25) is 4.90 Å². The molecule has 4 rings (SSSR count). The van der Waals surface area contributed by atoms with Crippen molar-refractivity contribution in [2.24, 2.45) is 0 Å². The number of methoxy groups -OCH3 is 2. The maximum atomic E-state index is 5.34. The number of nitrogens with zero attached hydrogens (tertiary/aromatic N) is 3. The topological polar surface area (TPSA) is 59.5 Å². The van der Waals surface area contributed by atoms with Crippen molar-refractivity contribution in [1.29, 1.82) is 0 Å². The first-order valence-electron chi connectivity index (χ1n) is 10.6. The molecule has 1 N–H and O–H groups in total. The van der Waals surface area contributed by atoms with Gasteiger partial charge in [0.15, 0.2) is 0 Å². The first kappa shape index (κ1) is 21.6. The van der Waals surface area contributed by atoms with Crippen LogP contribution in [0.25, 0.3) is 10.9 Å². The standard InChI is InChI=1S/C26H28N4O2/c1-30(17-20-9-7-11-22(15-20)32-3)18-25-28-24-13-5-4-12-23(24)26(29-25)27-16-19-8-6-10-21(14-19)31-2/h4-15H,16-18H2,1-3H3,(H,27,28,29). The van der Waals surface area contributed by atoms with Crippen molar-refractivity contribution in [3.8, 4) is 11.5 Å². The number of fused-ring (bicyclic) bond motifs is 1. The zero-order valence-electron chi connectivity index (χ0n) is 18.7. The minimum Gasteiger partial charge on any atom is -0.497 e. The number of hydrogen-bond donors (Lipinski definition) is 1. The number of para-hydroxylation sites is 1. The summed E-state index contributed by atoms with van der Waals surface area (Å²) in [6.07, 6.45) is 0. The molecule has 0 aliphatic heterocycles. The lowest BCUT2D eigenvalue weighted by atomic mass is 10.2. The average Bonchev–Trinajstić information content (AvgIpc) is 2.82. The molecule has 0 amide bonds. The first-order valence-corrected chi connectivity index (χ1v) is 10.6. The molecule has 6 nitrogen and oxygen atoms in total. The highest BCUT2D eigenvalue weighted by atomic mass is 16.5. The Balaban J connectivity index is 1.53. The van der Waals surface area contributed by atoms with E-state index < -0.39 is 0 Å². The molecule has 0 aliphatic carbocycles. The smallest absolute Gasteiger partial charge is 0.145 e. The Bertz CT molecular complexity index is 1200. The zero-order valence-corrected chi connectivity index (χ0v) is 18.7. The van der Waals surface area contributed by atoms with Crippen LogP contribution in [0.1, 0.15) is 17.0 Å². The molecule has 0 aliphatic rings. The van der Waals surface area contributed by atoms with Crippen molar-refractivity contribution in [1.82, 2.24) is 14.9 Å². The summed E-state index contributed by atoms with van der Waals surface area (Å²) in [6.45, 7) is 2.06. The molecule has 164 valence electrons. The molecule has 0 saturated carbocycles. The van der Waals surface area contributed by atoms with Gasteiger partial charge in [0.05, 0.1) is 26.3 Å². The minimum atomic E-state index is 0.635. The van der Waals surface area contributed by atoms with Gasteiger partial charge in [-0.15, -0.1) is 0 Å². The molecular formula is C26H28N4O2. The summed E-state index contributed by atoms with van der Waals surface area (Å²) in [5.74, 6) is 3.32. The average molecular weight is 429 g/mol. The number of rotatable bonds is 9. The highest BCUT2D eigenvalue weighted by Gasteiger charge is 2.11. The first-order chi connectivity index (χ1) is 15.6. The second kappa shape index (κ2) is 10.1. The summed E-state index contributed by atoms with van der Waals surface area (Å²) in [5, 5.41) is 4.50. The molecule has 0 spiro atoms. The molecule has 0 fully saturated rings. The van der Waals surface area contributed by atoms with Gasteiger partial charge in [0, 0.05) is 18.5 Å². The monoisotopic (exact) mass is 428 g/mol. The van der Waals surface area contributed by atoms with E-state index in [1.807, 2.05) is 54.6 Å². The predicted molar refractivity (Wildman–Crippen MR) is 128 cm³/mol. The molecule has 0 atom stereocenters. The number of hydrogen-bond acceptors (Lipinski definition) is 6. The number of aromatic nitrogens is 2. The Morgan fingerprint density at radius 1 is 0.781 bits per heavy atom. The molecule has 0 radical (unpaired) electrons. The normalized spacial score (nSPS) is 11.0. The minimum absolute atomic E-state index is 0.635. The molecule has 0 saturated heterocycles. The van der Waals surface area contributed by atoms with Crippen LogP contribution in [0, 0.1) is 0 Å². The summed E-state index contributed by atoms with van der Waals surface area (Å²) >= 11 is 0. The molecule has 0 bridgehead atoms. The largest absolute Gasteiger partial charge is 0.497 e. The number of nitrogens with one attached hydrogen (secondary N) is 1. The molecule has 1 aromatic heterocycles. The lowest BCUT2D eigenvalue weighted by Gasteiger charge is -2.18. The van der Waals surface area contributed by atoms with Crippen LogP contribution in [0.2, 0.25) is 0 Å². The number of benzene rings is 3. The van der Waals surface area contributed by atoms with Crippen LogP contribution < -0.4 is 14.8 Å². The highest BCUT2D eigenvalue weighted by Crippen LogP contribution is 2.22. The fourth-order valence-corrected chi connectivity index (χ4v) is 3.68. The summed E-state index contributed by atoms with van der Waals surface area (Å²) in [5.41, 5.74) is 3.24. The van der Waals surface area contributed by atoms with Crippen molar-refractivity contribution in [3.05, 3.63) is 89.7 Å². The Labute approximate surface area is 188 Å². The van der Waals surface area contributed by atoms with Crippen LogP contribution in [-0.4, -0.2) is 36.1 Å². The molecule has 4 aromatic rings. The highest BCUT2D eigenvalue weighted by molar-refractivity contribution is 5.88. The van der Waals surface area contributed by atoms with Gasteiger partial charge < -0.3 is 14.8 Å². The second-order valence-corrected chi connectivity index (χ2v) is 7.73. The SMILES string of the molecule is COc1cccc(CNc2nc(CN(C)Cc3cccc(OC)c3)nc3ccccc23)c1. The second-order valence-electron chi connectivity index (χ2n) is 7.73. The molecule has 32 heavy (non-hydrogen) atoms. The van der Waals surface area contributed by atoms with E-state index in [1.165, 1.54) is 5.56 Å². The van der Waals surface area contributed by atoms with Crippen molar-refractivity contribution < 1.29 is 9.47 Å². The number of ether oxygens (including phenoxy) is 2. The van der Waals surface area contributed by atoms with E-state index in [0.717, 1.165) is 46.2 Å². The van der Waals surface area contributed by atoms with E-state index in [1.54, 1.807) is 14.2 Å². The molecule has 1 heterocycles. The van der Waals surface area contributed by atoms with E-state index in [0.29, 0.717) is 13.1 Å². The van der Waals surface area contributed by atoms with Crippen molar-refractivity contribution >= 4 is 16.7 Å². The van der Waals surface area contributed by atoms with Gasteiger partial charge in [-0.2, -0.15) is 0 Å². The third-order valence-electron chi connectivity index (χ3n) is 5.24. The van der Waals surface area contributed by atoms with Gasteiger partial charge in [0.1, 0.15) is 23.1 Å². The van der Waals surface area contributed by atoms with Crippen LogP contribution >= 0.6 is 0 Å². The Morgan fingerprint density at radius 2 is 1.47 bits per heavy atom. The summed E-state index contributed by atoms with van der Waals surface area (Å²) in [7, 11) is 5.44. The fourth-order valence-electron chi connectivity index (χ4n) is 3.68. The molecule has 6 heteroatoms. The van der Waals surface area contributed by atoms with E-state index >= 15 is 0 Å². The Kier molecular flexibility index (Phi) is 6.82. The van der Waals surface area contributed by atoms with Gasteiger partial charge in [0.25, 0.3) is 0 Å². The van der Waals surface area contributed by atoms with E-state index in [2.05, 4.69) is 35.5 Å². The third kappa shape index (κ3) is 5.34. The van der Waals surface area contributed by atoms with Crippen LogP contribution in [0.15, 0.2) is 72.8 Å². The zero-order chi connectivity index (χ0) is 22.3. The van der Waals surface area contributed by atoms with Crippen LogP contribution in [0.4, 0.5) is 5.82 Å². The van der Waals surface area contributed by atoms with Crippen LogP contribution in [-0.2, 0) is 19.6 Å². The molecular weight excluding hydrogens is 400 g/mol.